The van der Waals surface area contributed by atoms with Crippen LogP contribution < -0.4 is 0 Å². The smallest absolute Gasteiger partial charge is 0.0445 e. The summed E-state index contributed by atoms with van der Waals surface area (Å²) in [4.78, 5) is 4.15. The van der Waals surface area contributed by atoms with Crippen molar-refractivity contribution in [2.75, 3.05) is 0 Å². The monoisotopic (exact) mass is 270 g/mol. The van der Waals surface area contributed by atoms with Crippen molar-refractivity contribution in [1.82, 2.24) is 0 Å². The molecule has 2 aromatic rings. The molecule has 2 heteroatoms. The lowest BCUT2D eigenvalue weighted by molar-refractivity contribution is 1.50. The molecule has 2 rings (SSSR count). The molecule has 0 fully saturated rings. The lowest BCUT2D eigenvalue weighted by Gasteiger charge is -1.86. The fourth-order valence-electron chi connectivity index (χ4n) is 0.986. The fourth-order valence-corrected chi connectivity index (χ4v) is 2.69. The van der Waals surface area contributed by atoms with Crippen molar-refractivity contribution in [2.45, 2.75) is 48.5 Å². The summed E-state index contributed by atoms with van der Waals surface area (Å²) < 4.78 is 0. The Hall–Kier alpha value is -0.600. The predicted octanol–water partition coefficient (Wildman–Crippen LogP) is 6.86. The molecular weight excluding hydrogens is 244 g/mol. The maximum absolute atomic E-state index is 2.19. The molecule has 0 saturated carbocycles. The topological polar surface area (TPSA) is 0 Å². The summed E-state index contributed by atoms with van der Waals surface area (Å²) in [5.74, 6) is 0. The minimum atomic E-state index is 1.38. The van der Waals surface area contributed by atoms with E-state index in [0.29, 0.717) is 0 Å². The Morgan fingerprint density at radius 1 is 0.765 bits per heavy atom. The van der Waals surface area contributed by atoms with Gasteiger partial charge in [0.1, 0.15) is 0 Å². The van der Waals surface area contributed by atoms with Crippen LogP contribution in [0.1, 0.15) is 46.4 Å². The van der Waals surface area contributed by atoms with Gasteiger partial charge in [0.15, 0.2) is 0 Å². The van der Waals surface area contributed by atoms with Gasteiger partial charge in [-0.15, -0.1) is 22.7 Å². The SMILES string of the molecule is CC.CC.CC.Cc1ccc(-c2cccs2)s1. The average molecular weight is 271 g/mol. The summed E-state index contributed by atoms with van der Waals surface area (Å²) in [5, 5.41) is 2.12. The summed E-state index contributed by atoms with van der Waals surface area (Å²) in [5.41, 5.74) is 0. The molecule has 0 saturated heterocycles. The van der Waals surface area contributed by atoms with Crippen LogP contribution in [0.5, 0.6) is 0 Å². The Morgan fingerprint density at radius 2 is 1.35 bits per heavy atom. The average Bonchev–Trinajstić information content (AvgIpc) is 3.07. The van der Waals surface area contributed by atoms with E-state index in [9.17, 15) is 0 Å². The van der Waals surface area contributed by atoms with Crippen molar-refractivity contribution in [2.24, 2.45) is 0 Å². The highest BCUT2D eigenvalue weighted by Gasteiger charge is 1.99. The number of aryl methyl sites for hydroxylation is 1. The van der Waals surface area contributed by atoms with Gasteiger partial charge in [-0.2, -0.15) is 0 Å². The minimum absolute atomic E-state index is 1.38. The van der Waals surface area contributed by atoms with Crippen LogP contribution in [-0.2, 0) is 0 Å². The molecule has 0 N–H and O–H groups in total. The van der Waals surface area contributed by atoms with Crippen molar-refractivity contribution in [3.8, 4) is 9.75 Å². The molecule has 0 aliphatic carbocycles. The summed E-state index contributed by atoms with van der Waals surface area (Å²) in [6, 6.07) is 8.61. The Balaban J connectivity index is 0. The summed E-state index contributed by atoms with van der Waals surface area (Å²) >= 11 is 3.66. The molecule has 0 nitrogen and oxygen atoms in total. The molecule has 0 amide bonds. The lowest BCUT2D eigenvalue weighted by Crippen LogP contribution is -1.55. The van der Waals surface area contributed by atoms with Crippen molar-refractivity contribution >= 4 is 22.7 Å². The van der Waals surface area contributed by atoms with E-state index in [0.717, 1.165) is 0 Å². The van der Waals surface area contributed by atoms with Crippen LogP contribution in [0.4, 0.5) is 0 Å². The second-order valence-corrected chi connectivity index (χ2v) is 4.62. The van der Waals surface area contributed by atoms with Gasteiger partial charge in [-0.1, -0.05) is 47.6 Å². The maximum Gasteiger partial charge on any atom is 0.0445 e. The van der Waals surface area contributed by atoms with Gasteiger partial charge in [-0.3, -0.25) is 0 Å². The quantitative estimate of drug-likeness (QED) is 0.530. The normalized spacial score (nSPS) is 7.71. The Morgan fingerprint density at radius 3 is 1.71 bits per heavy atom. The number of hydrogen-bond acceptors (Lipinski definition) is 2. The number of hydrogen-bond donors (Lipinski definition) is 0. The van der Waals surface area contributed by atoms with E-state index < -0.39 is 0 Å². The third-order valence-electron chi connectivity index (χ3n) is 1.50. The zero-order chi connectivity index (χ0) is 13.7. The molecule has 0 atom stereocenters. The molecule has 0 aromatic carbocycles. The van der Waals surface area contributed by atoms with Crippen LogP contribution in [0.2, 0.25) is 0 Å². The molecule has 0 spiro atoms. The molecule has 0 radical (unpaired) electrons. The maximum atomic E-state index is 2.19. The van der Waals surface area contributed by atoms with Gasteiger partial charge in [0.2, 0.25) is 0 Å². The van der Waals surface area contributed by atoms with Gasteiger partial charge in [0.05, 0.1) is 0 Å². The lowest BCUT2D eigenvalue weighted by atomic mass is 10.4. The van der Waals surface area contributed by atoms with Crippen LogP contribution in [-0.4, -0.2) is 0 Å². The number of rotatable bonds is 1. The van der Waals surface area contributed by atoms with Crippen LogP contribution in [0.3, 0.4) is 0 Å². The van der Waals surface area contributed by atoms with E-state index >= 15 is 0 Å². The molecule has 0 aliphatic rings. The van der Waals surface area contributed by atoms with Gasteiger partial charge in [-0.05, 0) is 30.5 Å². The van der Waals surface area contributed by atoms with Crippen LogP contribution in [0.15, 0.2) is 29.6 Å². The first-order chi connectivity index (χ1) is 8.36. The van der Waals surface area contributed by atoms with Crippen molar-refractivity contribution < 1.29 is 0 Å². The molecule has 0 bridgehead atoms. The summed E-state index contributed by atoms with van der Waals surface area (Å²) in [7, 11) is 0. The first-order valence-electron chi connectivity index (χ1n) is 6.46. The van der Waals surface area contributed by atoms with Crippen molar-refractivity contribution in [3.05, 3.63) is 34.5 Å². The number of thiophene rings is 2. The first-order valence-corrected chi connectivity index (χ1v) is 8.16. The Kier molecular flexibility index (Phi) is 14.9. The second-order valence-electron chi connectivity index (χ2n) is 2.39. The molecule has 17 heavy (non-hydrogen) atoms. The van der Waals surface area contributed by atoms with E-state index in [-0.39, 0.29) is 0 Å². The summed E-state index contributed by atoms with van der Waals surface area (Å²) in [6.07, 6.45) is 0. The van der Waals surface area contributed by atoms with Crippen LogP contribution in [0.25, 0.3) is 9.75 Å². The molecule has 2 heterocycles. The molecule has 0 aliphatic heterocycles. The van der Waals surface area contributed by atoms with Gasteiger partial charge >= 0.3 is 0 Å². The minimum Gasteiger partial charge on any atom is -0.143 e. The van der Waals surface area contributed by atoms with E-state index in [1.165, 1.54) is 14.6 Å². The Labute approximate surface area is 115 Å². The third-order valence-corrected chi connectivity index (χ3v) is 3.57. The van der Waals surface area contributed by atoms with Crippen molar-refractivity contribution in [3.63, 3.8) is 0 Å². The van der Waals surface area contributed by atoms with Gasteiger partial charge in [0.25, 0.3) is 0 Å². The molecule has 2 aromatic heterocycles. The Bertz CT molecular complexity index is 331. The predicted molar refractivity (Wildman–Crippen MR) is 86.4 cm³/mol. The van der Waals surface area contributed by atoms with E-state index in [1.807, 2.05) is 52.9 Å². The van der Waals surface area contributed by atoms with Gasteiger partial charge in [-0.25, -0.2) is 0 Å². The van der Waals surface area contributed by atoms with Crippen LogP contribution in [0, 0.1) is 6.92 Å². The second kappa shape index (κ2) is 13.5. The molecule has 0 unspecified atom stereocenters. The first kappa shape index (κ1) is 18.8. The molecule has 98 valence electrons. The highest BCUT2D eigenvalue weighted by Crippen LogP contribution is 2.30. The van der Waals surface area contributed by atoms with Crippen molar-refractivity contribution in [1.29, 1.82) is 0 Å². The van der Waals surface area contributed by atoms with Gasteiger partial charge in [0, 0.05) is 14.6 Å². The van der Waals surface area contributed by atoms with E-state index in [1.54, 1.807) is 11.3 Å². The summed E-state index contributed by atoms with van der Waals surface area (Å²) in [6.45, 7) is 14.1. The van der Waals surface area contributed by atoms with E-state index in [4.69, 9.17) is 0 Å². The highest BCUT2D eigenvalue weighted by atomic mass is 32.1. The largest absolute Gasteiger partial charge is 0.143 e. The van der Waals surface area contributed by atoms with E-state index in [2.05, 4.69) is 36.6 Å². The zero-order valence-corrected chi connectivity index (χ0v) is 13.8. The van der Waals surface area contributed by atoms with Gasteiger partial charge < -0.3 is 0 Å². The third kappa shape index (κ3) is 7.35. The fraction of sp³-hybridized carbons (Fsp3) is 0.467. The highest BCUT2D eigenvalue weighted by molar-refractivity contribution is 7.21. The molecular formula is C15H26S2. The van der Waals surface area contributed by atoms with Crippen LogP contribution >= 0.6 is 22.7 Å². The zero-order valence-electron chi connectivity index (χ0n) is 12.2. The standard InChI is InChI=1S/C9H8S2.3C2H6/c1-7-4-5-9(11-7)8-3-2-6-10-8;3*1-2/h2-6H,1H3;3*1-2H3.